The van der Waals surface area contributed by atoms with E-state index in [2.05, 4.69) is 12.2 Å². The lowest BCUT2D eigenvalue weighted by atomic mass is 10.1. The number of carbonyl (C=O) groups excluding carboxylic acids is 1. The van der Waals surface area contributed by atoms with Crippen molar-refractivity contribution < 1.29 is 19.0 Å². The Bertz CT molecular complexity index is 787. The third kappa shape index (κ3) is 4.36. The topological polar surface area (TPSA) is 56.8 Å². The van der Waals surface area contributed by atoms with Gasteiger partial charge in [-0.1, -0.05) is 25.1 Å². The highest BCUT2D eigenvalue weighted by molar-refractivity contribution is 6.02. The van der Waals surface area contributed by atoms with Crippen LogP contribution in [0.2, 0.25) is 0 Å². The lowest BCUT2D eigenvalue weighted by molar-refractivity contribution is -0.111. The summed E-state index contributed by atoms with van der Waals surface area (Å²) in [5.74, 6) is 1.41. The largest absolute Gasteiger partial charge is 0.493 e. The first kappa shape index (κ1) is 19.4. The van der Waals surface area contributed by atoms with Crippen LogP contribution < -0.4 is 19.5 Å². The van der Waals surface area contributed by atoms with Crippen LogP contribution in [-0.2, 0) is 11.2 Å². The predicted octanol–water partition coefficient (Wildman–Crippen LogP) is 4.24. The SMILES string of the molecule is CCc1cccc(C)c1NC(=O)C=Cc1cc(OC)c(OC)c(OC)c1. The second-order valence-corrected chi connectivity index (χ2v) is 5.74. The molecule has 0 spiro atoms. The second kappa shape index (κ2) is 8.94. The summed E-state index contributed by atoms with van der Waals surface area (Å²) in [6.45, 7) is 4.05. The summed E-state index contributed by atoms with van der Waals surface area (Å²) in [6.07, 6.45) is 4.06. The third-order valence-corrected chi connectivity index (χ3v) is 4.10. The molecule has 138 valence electrons. The summed E-state index contributed by atoms with van der Waals surface area (Å²) in [4.78, 5) is 12.4. The standard InChI is InChI=1S/C21H25NO4/c1-6-16-9-7-8-14(2)20(16)22-19(23)11-10-15-12-17(24-3)21(26-5)18(13-15)25-4/h7-13H,6H2,1-5H3,(H,22,23). The quantitative estimate of drug-likeness (QED) is 0.755. The summed E-state index contributed by atoms with van der Waals surface area (Å²) in [5.41, 5.74) is 3.79. The molecule has 0 unspecified atom stereocenters. The van der Waals surface area contributed by atoms with Crippen molar-refractivity contribution >= 4 is 17.7 Å². The zero-order valence-corrected chi connectivity index (χ0v) is 15.9. The van der Waals surface area contributed by atoms with Crippen LogP contribution in [0.4, 0.5) is 5.69 Å². The number of carbonyl (C=O) groups is 1. The van der Waals surface area contributed by atoms with Gasteiger partial charge in [-0.3, -0.25) is 4.79 Å². The Balaban J connectivity index is 2.23. The van der Waals surface area contributed by atoms with Gasteiger partial charge in [-0.05, 0) is 48.2 Å². The van der Waals surface area contributed by atoms with Crippen LogP contribution in [0.1, 0.15) is 23.6 Å². The van der Waals surface area contributed by atoms with Crippen molar-refractivity contribution in [3.63, 3.8) is 0 Å². The van der Waals surface area contributed by atoms with Gasteiger partial charge in [0.2, 0.25) is 11.7 Å². The summed E-state index contributed by atoms with van der Waals surface area (Å²) in [5, 5.41) is 2.97. The van der Waals surface area contributed by atoms with Gasteiger partial charge in [0.15, 0.2) is 11.5 Å². The molecule has 0 saturated heterocycles. The van der Waals surface area contributed by atoms with Crippen molar-refractivity contribution in [1.82, 2.24) is 0 Å². The normalized spacial score (nSPS) is 10.7. The average Bonchev–Trinajstić information content (AvgIpc) is 2.66. The van der Waals surface area contributed by atoms with Gasteiger partial charge in [-0.2, -0.15) is 0 Å². The van der Waals surface area contributed by atoms with Crippen LogP contribution in [0.3, 0.4) is 0 Å². The number of amides is 1. The molecule has 0 atom stereocenters. The number of anilines is 1. The number of rotatable bonds is 7. The van der Waals surface area contributed by atoms with E-state index in [0.717, 1.165) is 28.8 Å². The van der Waals surface area contributed by atoms with Crippen molar-refractivity contribution in [3.8, 4) is 17.2 Å². The number of nitrogens with one attached hydrogen (secondary N) is 1. The molecule has 0 saturated carbocycles. The van der Waals surface area contributed by atoms with Crippen molar-refractivity contribution in [2.75, 3.05) is 26.6 Å². The smallest absolute Gasteiger partial charge is 0.248 e. The molecule has 0 fully saturated rings. The minimum atomic E-state index is -0.192. The fourth-order valence-electron chi connectivity index (χ4n) is 2.74. The summed E-state index contributed by atoms with van der Waals surface area (Å²) in [7, 11) is 4.67. The number of methoxy groups -OCH3 is 3. The van der Waals surface area contributed by atoms with Crippen LogP contribution in [0, 0.1) is 6.92 Å². The molecule has 0 heterocycles. The molecule has 0 bridgehead atoms. The fourth-order valence-corrected chi connectivity index (χ4v) is 2.74. The first-order valence-electron chi connectivity index (χ1n) is 8.41. The van der Waals surface area contributed by atoms with Gasteiger partial charge in [0.1, 0.15) is 0 Å². The van der Waals surface area contributed by atoms with Gasteiger partial charge >= 0.3 is 0 Å². The highest BCUT2D eigenvalue weighted by atomic mass is 16.5. The molecular weight excluding hydrogens is 330 g/mol. The second-order valence-electron chi connectivity index (χ2n) is 5.74. The number of para-hydroxylation sites is 1. The highest BCUT2D eigenvalue weighted by Crippen LogP contribution is 2.38. The summed E-state index contributed by atoms with van der Waals surface area (Å²) >= 11 is 0. The minimum Gasteiger partial charge on any atom is -0.493 e. The molecule has 1 amide bonds. The Morgan fingerprint density at radius 2 is 1.73 bits per heavy atom. The fraction of sp³-hybridized carbons (Fsp3) is 0.286. The monoisotopic (exact) mass is 355 g/mol. The molecule has 0 radical (unpaired) electrons. The van der Waals surface area contributed by atoms with E-state index >= 15 is 0 Å². The van der Waals surface area contributed by atoms with Gasteiger partial charge in [0.05, 0.1) is 21.3 Å². The number of ether oxygens (including phenoxy) is 3. The van der Waals surface area contributed by atoms with E-state index in [4.69, 9.17) is 14.2 Å². The maximum Gasteiger partial charge on any atom is 0.248 e. The van der Waals surface area contributed by atoms with E-state index in [1.165, 1.54) is 6.08 Å². The van der Waals surface area contributed by atoms with Crippen molar-refractivity contribution in [2.24, 2.45) is 0 Å². The van der Waals surface area contributed by atoms with E-state index < -0.39 is 0 Å². The molecule has 0 aliphatic carbocycles. The maximum atomic E-state index is 12.4. The number of benzene rings is 2. The molecule has 2 aromatic rings. The van der Waals surface area contributed by atoms with E-state index in [-0.39, 0.29) is 5.91 Å². The van der Waals surface area contributed by atoms with Gasteiger partial charge in [0, 0.05) is 11.8 Å². The number of hydrogen-bond donors (Lipinski definition) is 1. The van der Waals surface area contributed by atoms with Crippen LogP contribution in [0.15, 0.2) is 36.4 Å². The van der Waals surface area contributed by atoms with Crippen LogP contribution in [0.5, 0.6) is 17.2 Å². The Kier molecular flexibility index (Phi) is 6.67. The van der Waals surface area contributed by atoms with E-state index in [1.807, 2.05) is 25.1 Å². The Hall–Kier alpha value is -2.95. The first-order valence-corrected chi connectivity index (χ1v) is 8.41. The lowest BCUT2D eigenvalue weighted by Crippen LogP contribution is -2.11. The Labute approximate surface area is 154 Å². The Morgan fingerprint density at radius 3 is 2.27 bits per heavy atom. The van der Waals surface area contributed by atoms with Crippen molar-refractivity contribution in [3.05, 3.63) is 53.1 Å². The number of hydrogen-bond acceptors (Lipinski definition) is 4. The minimum absolute atomic E-state index is 0.192. The molecule has 0 aliphatic heterocycles. The molecule has 2 aromatic carbocycles. The molecule has 5 nitrogen and oxygen atoms in total. The summed E-state index contributed by atoms with van der Waals surface area (Å²) in [6, 6.07) is 9.57. The van der Waals surface area contributed by atoms with E-state index in [0.29, 0.717) is 17.2 Å². The average molecular weight is 355 g/mol. The highest BCUT2D eigenvalue weighted by Gasteiger charge is 2.12. The van der Waals surface area contributed by atoms with Gasteiger partial charge in [-0.25, -0.2) is 0 Å². The molecule has 26 heavy (non-hydrogen) atoms. The number of aryl methyl sites for hydroxylation is 2. The Morgan fingerprint density at radius 1 is 1.08 bits per heavy atom. The van der Waals surface area contributed by atoms with Crippen molar-refractivity contribution in [1.29, 1.82) is 0 Å². The van der Waals surface area contributed by atoms with Crippen LogP contribution >= 0.6 is 0 Å². The molecule has 0 aromatic heterocycles. The third-order valence-electron chi connectivity index (χ3n) is 4.10. The molecule has 0 aliphatic rings. The lowest BCUT2D eigenvalue weighted by Gasteiger charge is -2.13. The molecular formula is C21H25NO4. The van der Waals surface area contributed by atoms with Gasteiger partial charge < -0.3 is 19.5 Å². The van der Waals surface area contributed by atoms with E-state index in [1.54, 1.807) is 39.5 Å². The van der Waals surface area contributed by atoms with Gasteiger partial charge in [-0.15, -0.1) is 0 Å². The van der Waals surface area contributed by atoms with Gasteiger partial charge in [0.25, 0.3) is 0 Å². The maximum absolute atomic E-state index is 12.4. The van der Waals surface area contributed by atoms with Crippen LogP contribution in [0.25, 0.3) is 6.08 Å². The zero-order valence-electron chi connectivity index (χ0n) is 15.9. The zero-order chi connectivity index (χ0) is 19.1. The van der Waals surface area contributed by atoms with Crippen molar-refractivity contribution in [2.45, 2.75) is 20.3 Å². The summed E-state index contributed by atoms with van der Waals surface area (Å²) < 4.78 is 16.0. The molecule has 1 N–H and O–H groups in total. The molecule has 5 heteroatoms. The van der Waals surface area contributed by atoms with E-state index in [9.17, 15) is 4.79 Å². The van der Waals surface area contributed by atoms with Crippen LogP contribution in [-0.4, -0.2) is 27.2 Å². The molecule has 2 rings (SSSR count). The first-order chi connectivity index (χ1) is 12.5. The predicted molar refractivity (Wildman–Crippen MR) is 104 cm³/mol.